The van der Waals surface area contributed by atoms with Crippen molar-refractivity contribution in [1.29, 1.82) is 0 Å². The van der Waals surface area contributed by atoms with Crippen LogP contribution in [0.3, 0.4) is 0 Å². The number of nitrogens with zero attached hydrogens (tertiary/aromatic N) is 1. The predicted octanol–water partition coefficient (Wildman–Crippen LogP) is 2.59. The second-order valence-corrected chi connectivity index (χ2v) is 5.13. The first-order chi connectivity index (χ1) is 10.7. The van der Waals surface area contributed by atoms with Crippen molar-refractivity contribution in [3.63, 3.8) is 0 Å². The Labute approximate surface area is 130 Å². The number of rotatable bonds is 7. The Hall–Kier alpha value is -2.56. The van der Waals surface area contributed by atoms with Gasteiger partial charge in [-0.05, 0) is 44.0 Å². The van der Waals surface area contributed by atoms with Crippen molar-refractivity contribution in [2.75, 3.05) is 24.1 Å². The number of nitrogens with two attached hydrogens (primary N) is 1. The minimum absolute atomic E-state index is 0.0237. The molecule has 0 aliphatic carbocycles. The minimum Gasteiger partial charge on any atom is -0.397 e. The highest BCUT2D eigenvalue weighted by Gasteiger charge is 2.02. The Bertz CT molecular complexity index is 613. The smallest absolute Gasteiger partial charge is 0.251 e. The summed E-state index contributed by atoms with van der Waals surface area (Å²) >= 11 is 0. The molecule has 4 N–H and O–H groups in total. The summed E-state index contributed by atoms with van der Waals surface area (Å²) in [5.74, 6) is 0.810. The molecule has 0 fully saturated rings. The van der Waals surface area contributed by atoms with Crippen molar-refractivity contribution in [2.24, 2.45) is 0 Å². The molecule has 0 aliphatic heterocycles. The molecule has 1 aromatic heterocycles. The lowest BCUT2D eigenvalue weighted by Gasteiger charge is -2.08. The van der Waals surface area contributed by atoms with Gasteiger partial charge in [-0.3, -0.25) is 4.79 Å². The number of hydrogen-bond donors (Lipinski definition) is 3. The fourth-order valence-electron chi connectivity index (χ4n) is 2.03. The Kier molecular flexibility index (Phi) is 5.77. The third-order valence-corrected chi connectivity index (χ3v) is 3.36. The SMILES string of the molecule is Cc1nc(NCCCCNC(=O)c2ccccc2)ccc1N. The normalized spacial score (nSPS) is 10.2. The molecule has 1 heterocycles. The molecule has 0 bridgehead atoms. The first-order valence-corrected chi connectivity index (χ1v) is 7.47. The number of amides is 1. The van der Waals surface area contributed by atoms with Crippen LogP contribution in [0.4, 0.5) is 11.5 Å². The van der Waals surface area contributed by atoms with Gasteiger partial charge in [-0.1, -0.05) is 18.2 Å². The summed E-state index contributed by atoms with van der Waals surface area (Å²) in [5.41, 5.74) is 7.96. The maximum Gasteiger partial charge on any atom is 0.251 e. The molecule has 1 aromatic carbocycles. The van der Waals surface area contributed by atoms with E-state index in [0.717, 1.165) is 30.9 Å². The van der Waals surface area contributed by atoms with E-state index in [1.165, 1.54) is 0 Å². The second-order valence-electron chi connectivity index (χ2n) is 5.13. The number of pyridine rings is 1. The van der Waals surface area contributed by atoms with Crippen LogP contribution >= 0.6 is 0 Å². The number of nitrogens with one attached hydrogen (secondary N) is 2. The molecule has 5 nitrogen and oxygen atoms in total. The monoisotopic (exact) mass is 298 g/mol. The van der Waals surface area contributed by atoms with E-state index >= 15 is 0 Å². The quantitative estimate of drug-likeness (QED) is 0.686. The highest BCUT2D eigenvalue weighted by atomic mass is 16.1. The number of hydrogen-bond acceptors (Lipinski definition) is 4. The van der Waals surface area contributed by atoms with Crippen LogP contribution in [0.1, 0.15) is 28.9 Å². The number of carbonyl (C=O) groups excluding carboxylic acids is 1. The molecule has 0 atom stereocenters. The standard InChI is InChI=1S/C17H22N4O/c1-13-15(18)9-10-16(21-13)19-11-5-6-12-20-17(22)14-7-3-2-4-8-14/h2-4,7-10H,5-6,11-12,18H2,1H3,(H,19,21)(H,20,22). The zero-order chi connectivity index (χ0) is 15.8. The summed E-state index contributed by atoms with van der Waals surface area (Å²) in [6.45, 7) is 3.38. The topological polar surface area (TPSA) is 80.0 Å². The molecule has 116 valence electrons. The van der Waals surface area contributed by atoms with Gasteiger partial charge in [-0.15, -0.1) is 0 Å². The number of unbranched alkanes of at least 4 members (excludes halogenated alkanes) is 1. The summed E-state index contributed by atoms with van der Waals surface area (Å²) in [5, 5.41) is 6.17. The van der Waals surface area contributed by atoms with Gasteiger partial charge in [-0.2, -0.15) is 0 Å². The molecule has 0 saturated carbocycles. The van der Waals surface area contributed by atoms with Gasteiger partial charge in [-0.25, -0.2) is 4.98 Å². The number of aryl methyl sites for hydroxylation is 1. The summed E-state index contributed by atoms with van der Waals surface area (Å²) in [4.78, 5) is 16.2. The van der Waals surface area contributed by atoms with Crippen LogP contribution in [0, 0.1) is 6.92 Å². The maximum absolute atomic E-state index is 11.8. The average molecular weight is 298 g/mol. The van der Waals surface area contributed by atoms with E-state index < -0.39 is 0 Å². The van der Waals surface area contributed by atoms with Gasteiger partial charge in [0.2, 0.25) is 0 Å². The molecule has 22 heavy (non-hydrogen) atoms. The molecule has 1 amide bonds. The summed E-state index contributed by atoms with van der Waals surface area (Å²) in [6, 6.07) is 13.0. The van der Waals surface area contributed by atoms with Crippen molar-refractivity contribution in [3.8, 4) is 0 Å². The van der Waals surface area contributed by atoms with Crippen molar-refractivity contribution in [2.45, 2.75) is 19.8 Å². The van der Waals surface area contributed by atoms with Gasteiger partial charge in [0.25, 0.3) is 5.91 Å². The van der Waals surface area contributed by atoms with Crippen molar-refractivity contribution >= 4 is 17.4 Å². The molecule has 0 unspecified atom stereocenters. The minimum atomic E-state index is -0.0237. The van der Waals surface area contributed by atoms with Crippen LogP contribution in [0.2, 0.25) is 0 Å². The zero-order valence-corrected chi connectivity index (χ0v) is 12.8. The number of aromatic nitrogens is 1. The first-order valence-electron chi connectivity index (χ1n) is 7.47. The van der Waals surface area contributed by atoms with Crippen molar-refractivity contribution in [1.82, 2.24) is 10.3 Å². The van der Waals surface area contributed by atoms with Crippen molar-refractivity contribution in [3.05, 3.63) is 53.7 Å². The number of nitrogen functional groups attached to an aromatic ring is 1. The number of anilines is 2. The van der Waals surface area contributed by atoms with Gasteiger partial charge >= 0.3 is 0 Å². The van der Waals surface area contributed by atoms with Gasteiger partial charge in [0.1, 0.15) is 5.82 Å². The van der Waals surface area contributed by atoms with Crippen LogP contribution in [-0.4, -0.2) is 24.0 Å². The summed E-state index contributed by atoms with van der Waals surface area (Å²) < 4.78 is 0. The summed E-state index contributed by atoms with van der Waals surface area (Å²) in [6.07, 6.45) is 1.87. The molecule has 5 heteroatoms. The molecule has 0 radical (unpaired) electrons. The molecule has 0 aliphatic rings. The van der Waals surface area contributed by atoms with E-state index in [4.69, 9.17) is 5.73 Å². The maximum atomic E-state index is 11.8. The van der Waals surface area contributed by atoms with Crippen LogP contribution in [-0.2, 0) is 0 Å². The number of benzene rings is 1. The van der Waals surface area contributed by atoms with Gasteiger partial charge < -0.3 is 16.4 Å². The van der Waals surface area contributed by atoms with Crippen LogP contribution in [0.5, 0.6) is 0 Å². The molecule has 0 saturated heterocycles. The lowest BCUT2D eigenvalue weighted by Crippen LogP contribution is -2.24. The highest BCUT2D eigenvalue weighted by molar-refractivity contribution is 5.94. The Balaban J connectivity index is 1.61. The van der Waals surface area contributed by atoms with E-state index in [1.54, 1.807) is 0 Å². The molecular weight excluding hydrogens is 276 g/mol. The third kappa shape index (κ3) is 4.77. The van der Waals surface area contributed by atoms with E-state index in [-0.39, 0.29) is 5.91 Å². The van der Waals surface area contributed by atoms with Gasteiger partial charge in [0.15, 0.2) is 0 Å². The highest BCUT2D eigenvalue weighted by Crippen LogP contribution is 2.11. The molecule has 2 aromatic rings. The largest absolute Gasteiger partial charge is 0.397 e. The Morgan fingerprint density at radius 2 is 1.82 bits per heavy atom. The fourth-order valence-corrected chi connectivity index (χ4v) is 2.03. The van der Waals surface area contributed by atoms with E-state index in [1.807, 2.05) is 49.4 Å². The lowest BCUT2D eigenvalue weighted by atomic mass is 10.2. The predicted molar refractivity (Wildman–Crippen MR) is 89.9 cm³/mol. The van der Waals surface area contributed by atoms with E-state index in [2.05, 4.69) is 15.6 Å². The summed E-state index contributed by atoms with van der Waals surface area (Å²) in [7, 11) is 0. The lowest BCUT2D eigenvalue weighted by molar-refractivity contribution is 0.0953. The number of carbonyl (C=O) groups is 1. The Morgan fingerprint density at radius 1 is 1.09 bits per heavy atom. The Morgan fingerprint density at radius 3 is 2.55 bits per heavy atom. The molecular formula is C17H22N4O. The van der Waals surface area contributed by atoms with Gasteiger partial charge in [0, 0.05) is 18.7 Å². The second kappa shape index (κ2) is 8.02. The first kappa shape index (κ1) is 15.8. The zero-order valence-electron chi connectivity index (χ0n) is 12.8. The fraction of sp³-hybridized carbons (Fsp3) is 0.294. The van der Waals surface area contributed by atoms with Crippen LogP contribution in [0.25, 0.3) is 0 Å². The third-order valence-electron chi connectivity index (χ3n) is 3.36. The van der Waals surface area contributed by atoms with Crippen molar-refractivity contribution < 1.29 is 4.79 Å². The molecule has 2 rings (SSSR count). The molecule has 0 spiro atoms. The van der Waals surface area contributed by atoms with E-state index in [9.17, 15) is 4.79 Å². The van der Waals surface area contributed by atoms with E-state index in [0.29, 0.717) is 17.8 Å². The average Bonchev–Trinajstić information content (AvgIpc) is 2.54. The van der Waals surface area contributed by atoms with Crippen LogP contribution < -0.4 is 16.4 Å². The van der Waals surface area contributed by atoms with Gasteiger partial charge in [0.05, 0.1) is 11.4 Å². The van der Waals surface area contributed by atoms with Crippen LogP contribution in [0.15, 0.2) is 42.5 Å².